The van der Waals surface area contributed by atoms with Gasteiger partial charge in [0.25, 0.3) is 0 Å². The first-order chi connectivity index (χ1) is 5.47. The molecule has 1 aliphatic carbocycles. The van der Waals surface area contributed by atoms with Crippen LogP contribution in [0.2, 0.25) is 0 Å². The van der Waals surface area contributed by atoms with Crippen molar-refractivity contribution in [2.75, 3.05) is 6.67 Å². The smallest absolute Gasteiger partial charge is 0.133 e. The number of rotatable bonds is 1. The first-order valence-corrected chi connectivity index (χ1v) is 4.59. The molecule has 1 aliphatic heterocycles. The van der Waals surface area contributed by atoms with Gasteiger partial charge in [-0.05, 0) is 12.8 Å². The van der Waals surface area contributed by atoms with Crippen molar-refractivity contribution in [2.45, 2.75) is 38.3 Å². The second-order valence-corrected chi connectivity index (χ2v) is 3.46. The molecular formula is C8H16N2O. The third kappa shape index (κ3) is 1.72. The van der Waals surface area contributed by atoms with E-state index in [1.807, 2.05) is 0 Å². The summed E-state index contributed by atoms with van der Waals surface area (Å²) >= 11 is 0. The standard InChI is InChI=1S/C8H16N2O/c1-2-4-7(5-3-1)8-9-6-10-11-8/h7-10H,1-6H2. The summed E-state index contributed by atoms with van der Waals surface area (Å²) in [5.41, 5.74) is 2.86. The molecule has 3 nitrogen and oxygen atoms in total. The number of hydroxylamine groups is 1. The van der Waals surface area contributed by atoms with Gasteiger partial charge in [-0.25, -0.2) is 0 Å². The Morgan fingerprint density at radius 2 is 1.91 bits per heavy atom. The summed E-state index contributed by atoms with van der Waals surface area (Å²) in [4.78, 5) is 5.33. The maximum atomic E-state index is 5.33. The molecule has 0 spiro atoms. The van der Waals surface area contributed by atoms with Crippen LogP contribution in [-0.4, -0.2) is 12.9 Å². The average molecular weight is 156 g/mol. The van der Waals surface area contributed by atoms with E-state index in [1.165, 1.54) is 32.1 Å². The van der Waals surface area contributed by atoms with Gasteiger partial charge in [-0.3, -0.25) is 10.2 Å². The Morgan fingerprint density at radius 3 is 2.55 bits per heavy atom. The third-order valence-corrected chi connectivity index (χ3v) is 2.66. The number of hydrogen-bond donors (Lipinski definition) is 2. The topological polar surface area (TPSA) is 33.3 Å². The fourth-order valence-electron chi connectivity index (χ4n) is 2.02. The van der Waals surface area contributed by atoms with Gasteiger partial charge in [0.15, 0.2) is 0 Å². The molecule has 0 bridgehead atoms. The monoisotopic (exact) mass is 156 g/mol. The van der Waals surface area contributed by atoms with Crippen LogP contribution >= 0.6 is 0 Å². The van der Waals surface area contributed by atoms with Crippen LogP contribution in [0.4, 0.5) is 0 Å². The quantitative estimate of drug-likeness (QED) is 0.593. The molecule has 1 atom stereocenters. The Hall–Kier alpha value is -0.120. The zero-order valence-electron chi connectivity index (χ0n) is 6.81. The van der Waals surface area contributed by atoms with Crippen molar-refractivity contribution in [2.24, 2.45) is 5.92 Å². The van der Waals surface area contributed by atoms with E-state index in [-0.39, 0.29) is 6.23 Å². The van der Waals surface area contributed by atoms with E-state index >= 15 is 0 Å². The van der Waals surface area contributed by atoms with Crippen molar-refractivity contribution in [3.63, 3.8) is 0 Å². The van der Waals surface area contributed by atoms with Crippen molar-refractivity contribution in [3.05, 3.63) is 0 Å². The summed E-state index contributed by atoms with van der Waals surface area (Å²) in [6.07, 6.45) is 7.13. The summed E-state index contributed by atoms with van der Waals surface area (Å²) < 4.78 is 0. The summed E-state index contributed by atoms with van der Waals surface area (Å²) in [7, 11) is 0. The van der Waals surface area contributed by atoms with E-state index in [1.54, 1.807) is 0 Å². The third-order valence-electron chi connectivity index (χ3n) is 2.66. The minimum atomic E-state index is 0.287. The summed E-state index contributed by atoms with van der Waals surface area (Å²) in [5, 5.41) is 3.29. The Kier molecular flexibility index (Phi) is 2.41. The van der Waals surface area contributed by atoms with Crippen LogP contribution in [0.15, 0.2) is 0 Å². The van der Waals surface area contributed by atoms with E-state index in [0.717, 1.165) is 12.6 Å². The van der Waals surface area contributed by atoms with Crippen LogP contribution in [0.1, 0.15) is 32.1 Å². The summed E-state index contributed by atoms with van der Waals surface area (Å²) in [6.45, 7) is 0.807. The molecule has 64 valence electrons. The molecule has 2 N–H and O–H groups in total. The molecule has 0 aromatic carbocycles. The zero-order chi connectivity index (χ0) is 7.52. The lowest BCUT2D eigenvalue weighted by molar-refractivity contribution is -0.0168. The van der Waals surface area contributed by atoms with Gasteiger partial charge >= 0.3 is 0 Å². The Labute approximate surface area is 67.4 Å². The molecule has 1 saturated heterocycles. The second kappa shape index (κ2) is 3.52. The summed E-state index contributed by atoms with van der Waals surface area (Å²) in [5.74, 6) is 0.749. The molecule has 3 heteroatoms. The van der Waals surface area contributed by atoms with Crippen molar-refractivity contribution < 1.29 is 4.84 Å². The van der Waals surface area contributed by atoms with Crippen LogP contribution in [0.3, 0.4) is 0 Å². The predicted octanol–water partition coefficient (Wildman–Crippen LogP) is 0.975. The lowest BCUT2D eigenvalue weighted by atomic mass is 9.88. The SMILES string of the molecule is C1CCC(C2NCNO2)CC1. The molecule has 0 radical (unpaired) electrons. The van der Waals surface area contributed by atoms with E-state index < -0.39 is 0 Å². The molecule has 1 unspecified atom stereocenters. The first-order valence-electron chi connectivity index (χ1n) is 4.59. The maximum absolute atomic E-state index is 5.33. The Bertz CT molecular complexity index is 117. The fraction of sp³-hybridized carbons (Fsp3) is 1.00. The van der Waals surface area contributed by atoms with Gasteiger partial charge in [0.1, 0.15) is 6.23 Å². The maximum Gasteiger partial charge on any atom is 0.133 e. The van der Waals surface area contributed by atoms with Crippen LogP contribution in [0, 0.1) is 5.92 Å². The van der Waals surface area contributed by atoms with Gasteiger partial charge in [-0.1, -0.05) is 19.3 Å². The molecule has 0 aromatic rings. The highest BCUT2D eigenvalue weighted by molar-refractivity contribution is 4.73. The van der Waals surface area contributed by atoms with Gasteiger partial charge < -0.3 is 0 Å². The van der Waals surface area contributed by atoms with Gasteiger partial charge in [0.2, 0.25) is 0 Å². The molecule has 2 rings (SSSR count). The lowest BCUT2D eigenvalue weighted by Crippen LogP contribution is -2.32. The highest BCUT2D eigenvalue weighted by Gasteiger charge is 2.26. The van der Waals surface area contributed by atoms with E-state index in [4.69, 9.17) is 4.84 Å². The van der Waals surface area contributed by atoms with Gasteiger partial charge in [0, 0.05) is 5.92 Å². The van der Waals surface area contributed by atoms with Crippen LogP contribution in [-0.2, 0) is 4.84 Å². The molecule has 1 heterocycles. The van der Waals surface area contributed by atoms with Crippen molar-refractivity contribution in [1.82, 2.24) is 10.8 Å². The van der Waals surface area contributed by atoms with Gasteiger partial charge in [-0.15, -0.1) is 0 Å². The predicted molar refractivity (Wildman–Crippen MR) is 42.6 cm³/mol. The highest BCUT2D eigenvalue weighted by Crippen LogP contribution is 2.27. The largest absolute Gasteiger partial charge is 0.281 e. The molecule has 0 amide bonds. The van der Waals surface area contributed by atoms with E-state index in [9.17, 15) is 0 Å². The second-order valence-electron chi connectivity index (χ2n) is 3.46. The average Bonchev–Trinajstić information content (AvgIpc) is 2.58. The van der Waals surface area contributed by atoms with Crippen molar-refractivity contribution >= 4 is 0 Å². The Morgan fingerprint density at radius 1 is 1.09 bits per heavy atom. The van der Waals surface area contributed by atoms with Crippen LogP contribution in [0.5, 0.6) is 0 Å². The van der Waals surface area contributed by atoms with E-state index in [2.05, 4.69) is 10.8 Å². The van der Waals surface area contributed by atoms with Crippen LogP contribution < -0.4 is 10.8 Å². The molecule has 0 aromatic heterocycles. The normalized spacial score (nSPS) is 34.4. The highest BCUT2D eigenvalue weighted by atomic mass is 16.7. The van der Waals surface area contributed by atoms with Crippen LogP contribution in [0.25, 0.3) is 0 Å². The minimum absolute atomic E-state index is 0.287. The summed E-state index contributed by atoms with van der Waals surface area (Å²) in [6, 6.07) is 0. The lowest BCUT2D eigenvalue weighted by Gasteiger charge is -2.25. The molecular weight excluding hydrogens is 140 g/mol. The van der Waals surface area contributed by atoms with E-state index in [0.29, 0.717) is 0 Å². The van der Waals surface area contributed by atoms with Gasteiger partial charge in [0.05, 0.1) is 6.67 Å². The number of nitrogens with one attached hydrogen (secondary N) is 2. The fourth-order valence-corrected chi connectivity index (χ4v) is 2.02. The minimum Gasteiger partial charge on any atom is -0.281 e. The number of hydrogen-bond acceptors (Lipinski definition) is 3. The zero-order valence-corrected chi connectivity index (χ0v) is 6.81. The molecule has 2 fully saturated rings. The first kappa shape index (κ1) is 7.53. The molecule has 11 heavy (non-hydrogen) atoms. The van der Waals surface area contributed by atoms with Crippen molar-refractivity contribution in [1.29, 1.82) is 0 Å². The van der Waals surface area contributed by atoms with Crippen molar-refractivity contribution in [3.8, 4) is 0 Å². The van der Waals surface area contributed by atoms with Gasteiger partial charge in [-0.2, -0.15) is 5.48 Å². The molecule has 2 aliphatic rings. The Balaban J connectivity index is 1.82. The molecule has 1 saturated carbocycles.